The van der Waals surface area contributed by atoms with Crippen LogP contribution in [0.4, 0.5) is 0 Å². The van der Waals surface area contributed by atoms with E-state index in [0.717, 1.165) is 0 Å². The summed E-state index contributed by atoms with van der Waals surface area (Å²) in [6, 6.07) is 0. The Morgan fingerprint density at radius 3 is 2.00 bits per heavy atom. The van der Waals surface area contributed by atoms with Crippen LogP contribution in [0.3, 0.4) is 0 Å². The van der Waals surface area contributed by atoms with Gasteiger partial charge in [-0.25, -0.2) is 4.21 Å². The average molecular weight is 151 g/mol. The minimum Gasteiger partial charge on any atom is -0.368 e. The van der Waals surface area contributed by atoms with E-state index in [4.69, 9.17) is 10.3 Å². The van der Waals surface area contributed by atoms with E-state index in [9.17, 15) is 9.00 Å². The Hall–Kier alpha value is -0.420. The minimum absolute atomic E-state index is 0.775. The molecule has 5 heteroatoms. The van der Waals surface area contributed by atoms with E-state index in [2.05, 4.69) is 0 Å². The summed E-state index contributed by atoms with van der Waals surface area (Å²) in [5.41, 5.74) is 4.78. The highest BCUT2D eigenvalue weighted by molar-refractivity contribution is 7.81. The average Bonchev–Trinajstić information content (AvgIpc) is 1.65. The van der Waals surface area contributed by atoms with Crippen LogP contribution < -0.4 is 5.73 Å². The van der Waals surface area contributed by atoms with Crippen molar-refractivity contribution in [1.82, 2.24) is 0 Å². The van der Waals surface area contributed by atoms with Crippen molar-refractivity contribution in [2.45, 2.75) is 18.6 Å². The molecule has 4 nitrogen and oxygen atoms in total. The van der Waals surface area contributed by atoms with E-state index in [1.165, 1.54) is 13.8 Å². The summed E-state index contributed by atoms with van der Waals surface area (Å²) < 4.78 is 17.4. The first kappa shape index (κ1) is 8.58. The fourth-order valence-electron chi connectivity index (χ4n) is 0.0861. The van der Waals surface area contributed by atoms with Gasteiger partial charge in [0.2, 0.25) is 5.91 Å². The van der Waals surface area contributed by atoms with Crippen molar-refractivity contribution in [3.63, 3.8) is 0 Å². The SMILES string of the molecule is CC(C)(C(N)=O)S(=O)O. The highest BCUT2D eigenvalue weighted by Gasteiger charge is 2.31. The van der Waals surface area contributed by atoms with Gasteiger partial charge in [-0.1, -0.05) is 0 Å². The van der Waals surface area contributed by atoms with Crippen LogP contribution in [0.2, 0.25) is 0 Å². The molecule has 1 atom stereocenters. The lowest BCUT2D eigenvalue weighted by Crippen LogP contribution is -2.41. The summed E-state index contributed by atoms with van der Waals surface area (Å²) in [5.74, 6) is -0.775. The van der Waals surface area contributed by atoms with E-state index in [0.29, 0.717) is 0 Å². The monoisotopic (exact) mass is 151 g/mol. The zero-order valence-electron chi connectivity index (χ0n) is 5.25. The maximum Gasteiger partial charge on any atom is 0.238 e. The number of amides is 1. The summed E-state index contributed by atoms with van der Waals surface area (Å²) in [4.78, 5) is 10.3. The second-order valence-corrected chi connectivity index (χ2v) is 3.64. The van der Waals surface area contributed by atoms with Gasteiger partial charge in [0.05, 0.1) is 0 Å². The predicted octanol–water partition coefficient (Wildman–Crippen LogP) is -0.528. The minimum atomic E-state index is -2.18. The molecule has 0 aromatic heterocycles. The molecule has 3 N–H and O–H groups in total. The molecule has 0 aliphatic heterocycles. The van der Waals surface area contributed by atoms with Gasteiger partial charge in [-0.05, 0) is 13.8 Å². The molecule has 0 heterocycles. The second kappa shape index (κ2) is 2.45. The predicted molar refractivity (Wildman–Crippen MR) is 34.0 cm³/mol. The van der Waals surface area contributed by atoms with Crippen molar-refractivity contribution in [3.05, 3.63) is 0 Å². The number of hydrogen-bond donors (Lipinski definition) is 2. The van der Waals surface area contributed by atoms with Crippen LogP contribution in [0.25, 0.3) is 0 Å². The van der Waals surface area contributed by atoms with Gasteiger partial charge in [0.1, 0.15) is 4.75 Å². The Labute approximate surface area is 55.7 Å². The normalized spacial score (nSPS) is 15.0. The van der Waals surface area contributed by atoms with Crippen LogP contribution in [0.15, 0.2) is 0 Å². The van der Waals surface area contributed by atoms with E-state index in [-0.39, 0.29) is 0 Å². The zero-order valence-corrected chi connectivity index (χ0v) is 6.07. The van der Waals surface area contributed by atoms with Crippen molar-refractivity contribution in [2.75, 3.05) is 0 Å². The van der Waals surface area contributed by atoms with E-state index >= 15 is 0 Å². The molecular formula is C4H9NO3S. The molecule has 54 valence electrons. The van der Waals surface area contributed by atoms with Crippen molar-refractivity contribution >= 4 is 17.0 Å². The molecule has 0 aromatic rings. The molecule has 1 unspecified atom stereocenters. The zero-order chi connectivity index (χ0) is 7.65. The standard InChI is InChI=1S/C4H9NO3S/c1-4(2,3(5)6)9(7)8/h1-2H3,(H2,5,6)(H,7,8). The van der Waals surface area contributed by atoms with Gasteiger partial charge in [0.15, 0.2) is 11.1 Å². The van der Waals surface area contributed by atoms with Crippen molar-refractivity contribution < 1.29 is 13.6 Å². The summed E-state index contributed by atoms with van der Waals surface area (Å²) in [6.07, 6.45) is 0. The van der Waals surface area contributed by atoms with Gasteiger partial charge < -0.3 is 10.3 Å². The first-order valence-corrected chi connectivity index (χ1v) is 3.40. The van der Waals surface area contributed by atoms with Gasteiger partial charge >= 0.3 is 0 Å². The number of carbonyl (C=O) groups excluding carboxylic acids is 1. The first-order valence-electron chi connectivity index (χ1n) is 2.30. The van der Waals surface area contributed by atoms with Gasteiger partial charge in [-0.3, -0.25) is 4.79 Å². The lowest BCUT2D eigenvalue weighted by molar-refractivity contribution is -0.119. The van der Waals surface area contributed by atoms with Gasteiger partial charge in [0, 0.05) is 0 Å². The van der Waals surface area contributed by atoms with Crippen LogP contribution in [0.5, 0.6) is 0 Å². The van der Waals surface area contributed by atoms with Crippen molar-refractivity contribution in [2.24, 2.45) is 5.73 Å². The third-order valence-corrected chi connectivity index (χ3v) is 2.10. The van der Waals surface area contributed by atoms with E-state index < -0.39 is 21.7 Å². The van der Waals surface area contributed by atoms with Crippen molar-refractivity contribution in [3.8, 4) is 0 Å². The topological polar surface area (TPSA) is 80.4 Å². The van der Waals surface area contributed by atoms with E-state index in [1.807, 2.05) is 0 Å². The Kier molecular flexibility index (Phi) is 2.33. The summed E-state index contributed by atoms with van der Waals surface area (Å²) in [6.45, 7) is 2.62. The highest BCUT2D eigenvalue weighted by Crippen LogP contribution is 2.08. The molecule has 0 rings (SSSR count). The lowest BCUT2D eigenvalue weighted by Gasteiger charge is -2.13. The molecule has 0 bridgehead atoms. The Bertz CT molecular complexity index is 138. The molecule has 0 saturated heterocycles. The molecule has 9 heavy (non-hydrogen) atoms. The maximum absolute atomic E-state index is 10.3. The quantitative estimate of drug-likeness (QED) is 0.521. The lowest BCUT2D eigenvalue weighted by atomic mass is 10.2. The number of hydrogen-bond acceptors (Lipinski definition) is 2. The summed E-state index contributed by atoms with van der Waals surface area (Å²) >= 11 is -2.18. The van der Waals surface area contributed by atoms with Gasteiger partial charge in [-0.2, -0.15) is 0 Å². The van der Waals surface area contributed by atoms with Crippen LogP contribution in [0, 0.1) is 0 Å². The Morgan fingerprint density at radius 1 is 1.67 bits per heavy atom. The highest BCUT2D eigenvalue weighted by atomic mass is 32.2. The third-order valence-electron chi connectivity index (χ3n) is 1.03. The van der Waals surface area contributed by atoms with Crippen LogP contribution >= 0.6 is 0 Å². The van der Waals surface area contributed by atoms with Gasteiger partial charge in [-0.15, -0.1) is 0 Å². The summed E-state index contributed by atoms with van der Waals surface area (Å²) in [7, 11) is 0. The molecule has 0 radical (unpaired) electrons. The number of rotatable bonds is 2. The third kappa shape index (κ3) is 1.76. The second-order valence-electron chi connectivity index (χ2n) is 2.12. The molecule has 0 fully saturated rings. The number of nitrogens with two attached hydrogens (primary N) is 1. The van der Waals surface area contributed by atoms with Crippen LogP contribution in [-0.2, 0) is 15.9 Å². The largest absolute Gasteiger partial charge is 0.368 e. The molecule has 1 amide bonds. The molecular weight excluding hydrogens is 142 g/mol. The maximum atomic E-state index is 10.3. The molecule has 0 saturated carbocycles. The molecule has 0 spiro atoms. The fourth-order valence-corrected chi connectivity index (χ4v) is 0.258. The molecule has 0 aliphatic rings. The number of carbonyl (C=O) groups is 1. The van der Waals surface area contributed by atoms with E-state index in [1.54, 1.807) is 0 Å². The number of primary amides is 1. The first-order chi connectivity index (χ1) is 3.89. The van der Waals surface area contributed by atoms with Crippen LogP contribution in [0.1, 0.15) is 13.8 Å². The fraction of sp³-hybridized carbons (Fsp3) is 0.750. The molecule has 0 aliphatic carbocycles. The van der Waals surface area contributed by atoms with Crippen LogP contribution in [-0.4, -0.2) is 19.4 Å². The van der Waals surface area contributed by atoms with Gasteiger partial charge in [0.25, 0.3) is 0 Å². The Morgan fingerprint density at radius 2 is 2.00 bits per heavy atom. The smallest absolute Gasteiger partial charge is 0.238 e. The summed E-state index contributed by atoms with van der Waals surface area (Å²) in [5, 5.41) is 0. The van der Waals surface area contributed by atoms with Crippen molar-refractivity contribution in [1.29, 1.82) is 0 Å². The Balaban J connectivity index is 4.38. The molecule has 0 aromatic carbocycles.